The molecular formula is C21H23ClN2O3. The molecule has 1 aliphatic heterocycles. The highest BCUT2D eigenvalue weighted by Gasteiger charge is 2.35. The van der Waals surface area contributed by atoms with E-state index in [0.29, 0.717) is 18.1 Å². The van der Waals surface area contributed by atoms with Gasteiger partial charge in [-0.05, 0) is 55.8 Å². The van der Waals surface area contributed by atoms with E-state index in [2.05, 4.69) is 5.32 Å². The lowest BCUT2D eigenvalue weighted by molar-refractivity contribution is -0.126. The first-order chi connectivity index (χ1) is 12.9. The average molecular weight is 387 g/mol. The lowest BCUT2D eigenvalue weighted by atomic mass is 10.1. The van der Waals surface area contributed by atoms with Crippen molar-refractivity contribution in [2.45, 2.75) is 32.9 Å². The zero-order valence-electron chi connectivity index (χ0n) is 15.4. The Morgan fingerprint density at radius 2 is 2.00 bits per heavy atom. The van der Waals surface area contributed by atoms with Crippen molar-refractivity contribution >= 4 is 29.1 Å². The highest BCUT2D eigenvalue weighted by atomic mass is 35.5. The van der Waals surface area contributed by atoms with E-state index >= 15 is 0 Å². The minimum atomic E-state index is -0.358. The van der Waals surface area contributed by atoms with Crippen molar-refractivity contribution in [2.75, 3.05) is 11.4 Å². The Morgan fingerprint density at radius 3 is 2.67 bits per heavy atom. The molecule has 0 unspecified atom stereocenters. The topological polar surface area (TPSA) is 58.6 Å². The van der Waals surface area contributed by atoms with E-state index in [1.54, 1.807) is 11.0 Å². The molecule has 1 fully saturated rings. The molecule has 1 atom stereocenters. The second-order valence-corrected chi connectivity index (χ2v) is 7.35. The molecule has 2 aromatic carbocycles. The summed E-state index contributed by atoms with van der Waals surface area (Å²) in [6.07, 6.45) is 0.308. The average Bonchev–Trinajstić information content (AvgIpc) is 3.02. The Bertz CT molecular complexity index is 820. The summed E-state index contributed by atoms with van der Waals surface area (Å²) in [4.78, 5) is 26.5. The number of anilines is 1. The molecular weight excluding hydrogens is 364 g/mol. The van der Waals surface area contributed by atoms with Gasteiger partial charge in [0.05, 0.1) is 12.0 Å². The van der Waals surface area contributed by atoms with Crippen LogP contribution in [0.4, 0.5) is 5.69 Å². The molecule has 0 spiro atoms. The summed E-state index contributed by atoms with van der Waals surface area (Å²) in [6.45, 7) is 4.70. The summed E-state index contributed by atoms with van der Waals surface area (Å²) < 4.78 is 5.62. The van der Waals surface area contributed by atoms with Gasteiger partial charge >= 0.3 is 0 Å². The number of hydrogen-bond donors (Lipinski definition) is 1. The van der Waals surface area contributed by atoms with Crippen LogP contribution in [0.5, 0.6) is 5.75 Å². The van der Waals surface area contributed by atoms with E-state index in [9.17, 15) is 9.59 Å². The number of rotatable bonds is 6. The van der Waals surface area contributed by atoms with Crippen LogP contribution in [-0.4, -0.2) is 24.5 Å². The van der Waals surface area contributed by atoms with Gasteiger partial charge in [-0.15, -0.1) is 0 Å². The Balaban J connectivity index is 1.58. The normalized spacial score (nSPS) is 16.7. The van der Waals surface area contributed by atoms with Gasteiger partial charge in [0, 0.05) is 30.2 Å². The monoisotopic (exact) mass is 386 g/mol. The molecule has 3 rings (SSSR count). The van der Waals surface area contributed by atoms with E-state index in [4.69, 9.17) is 16.3 Å². The van der Waals surface area contributed by atoms with Crippen LogP contribution in [0.2, 0.25) is 5.02 Å². The molecule has 1 heterocycles. The molecule has 1 aliphatic rings. The molecule has 0 bridgehead atoms. The quantitative estimate of drug-likeness (QED) is 0.821. The molecule has 142 valence electrons. The van der Waals surface area contributed by atoms with Crippen LogP contribution in [0.1, 0.15) is 25.8 Å². The van der Waals surface area contributed by atoms with E-state index < -0.39 is 0 Å². The SMILES string of the molecule is CC(C)Oc1ccc(N2C[C@H](C(=O)NCc3cccc(Cl)c3)CC2=O)cc1. The van der Waals surface area contributed by atoms with Crippen LogP contribution in [0, 0.1) is 5.92 Å². The third-order valence-corrected chi connectivity index (χ3v) is 4.61. The summed E-state index contributed by atoms with van der Waals surface area (Å²) in [6, 6.07) is 14.7. The highest BCUT2D eigenvalue weighted by molar-refractivity contribution is 6.30. The fraction of sp³-hybridized carbons (Fsp3) is 0.333. The smallest absolute Gasteiger partial charge is 0.227 e. The van der Waals surface area contributed by atoms with Crippen LogP contribution < -0.4 is 15.0 Å². The number of nitrogens with one attached hydrogen (secondary N) is 1. The van der Waals surface area contributed by atoms with Gasteiger partial charge < -0.3 is 15.0 Å². The van der Waals surface area contributed by atoms with E-state index in [0.717, 1.165) is 17.0 Å². The maximum Gasteiger partial charge on any atom is 0.227 e. The molecule has 5 nitrogen and oxygen atoms in total. The predicted molar refractivity (Wildman–Crippen MR) is 106 cm³/mol. The van der Waals surface area contributed by atoms with Gasteiger partial charge in [0.15, 0.2) is 0 Å². The van der Waals surface area contributed by atoms with Crippen molar-refractivity contribution in [3.63, 3.8) is 0 Å². The summed E-state index contributed by atoms with van der Waals surface area (Å²) in [5.74, 6) is 0.237. The number of benzene rings is 2. The number of halogens is 1. The highest BCUT2D eigenvalue weighted by Crippen LogP contribution is 2.27. The van der Waals surface area contributed by atoms with Crippen molar-refractivity contribution in [2.24, 2.45) is 5.92 Å². The zero-order valence-corrected chi connectivity index (χ0v) is 16.2. The standard InChI is InChI=1S/C21H23ClN2O3/c1-14(2)27-19-8-6-18(7-9-19)24-13-16(11-20(24)25)21(26)23-12-15-4-3-5-17(22)10-15/h3-10,14,16H,11-13H2,1-2H3,(H,23,26)/t16-/m1/s1. The van der Waals surface area contributed by atoms with Crippen molar-refractivity contribution in [3.8, 4) is 5.75 Å². The minimum absolute atomic E-state index is 0.0459. The van der Waals surface area contributed by atoms with Crippen LogP contribution in [0.25, 0.3) is 0 Å². The summed E-state index contributed by atoms with van der Waals surface area (Å²) in [5.41, 5.74) is 1.71. The minimum Gasteiger partial charge on any atom is -0.491 e. The maximum atomic E-state index is 12.5. The van der Waals surface area contributed by atoms with E-state index in [-0.39, 0.29) is 30.3 Å². The van der Waals surface area contributed by atoms with Crippen LogP contribution >= 0.6 is 11.6 Å². The number of carbonyl (C=O) groups is 2. The molecule has 2 amide bonds. The lowest BCUT2D eigenvalue weighted by Gasteiger charge is -2.18. The largest absolute Gasteiger partial charge is 0.491 e. The first-order valence-corrected chi connectivity index (χ1v) is 9.39. The number of carbonyl (C=O) groups excluding carboxylic acids is 2. The van der Waals surface area contributed by atoms with E-state index in [1.165, 1.54) is 0 Å². The third-order valence-electron chi connectivity index (χ3n) is 4.37. The van der Waals surface area contributed by atoms with Crippen molar-refractivity contribution < 1.29 is 14.3 Å². The molecule has 1 N–H and O–H groups in total. The maximum absolute atomic E-state index is 12.5. The van der Waals surface area contributed by atoms with Crippen LogP contribution in [0.3, 0.4) is 0 Å². The van der Waals surface area contributed by atoms with Gasteiger partial charge in [0.2, 0.25) is 11.8 Å². The van der Waals surface area contributed by atoms with Gasteiger partial charge in [-0.25, -0.2) is 0 Å². The van der Waals surface area contributed by atoms with E-state index in [1.807, 2.05) is 56.3 Å². The van der Waals surface area contributed by atoms with Gasteiger partial charge in [0.1, 0.15) is 5.75 Å². The van der Waals surface area contributed by atoms with Gasteiger partial charge in [0.25, 0.3) is 0 Å². The zero-order chi connectivity index (χ0) is 19.4. The summed E-state index contributed by atoms with van der Waals surface area (Å²) in [7, 11) is 0. The number of nitrogens with zero attached hydrogens (tertiary/aromatic N) is 1. The Hall–Kier alpha value is -2.53. The molecule has 6 heteroatoms. The Labute approximate surface area is 164 Å². The fourth-order valence-corrected chi connectivity index (χ4v) is 3.30. The molecule has 0 aliphatic carbocycles. The lowest BCUT2D eigenvalue weighted by Crippen LogP contribution is -2.32. The first-order valence-electron chi connectivity index (χ1n) is 9.01. The second-order valence-electron chi connectivity index (χ2n) is 6.91. The number of ether oxygens (including phenoxy) is 1. The Morgan fingerprint density at radius 1 is 1.26 bits per heavy atom. The summed E-state index contributed by atoms with van der Waals surface area (Å²) in [5, 5.41) is 3.53. The fourth-order valence-electron chi connectivity index (χ4n) is 3.09. The van der Waals surface area contributed by atoms with Crippen LogP contribution in [0.15, 0.2) is 48.5 Å². The predicted octanol–water partition coefficient (Wildman–Crippen LogP) is 3.80. The number of hydrogen-bond acceptors (Lipinski definition) is 3. The summed E-state index contributed by atoms with van der Waals surface area (Å²) >= 11 is 5.96. The van der Waals surface area contributed by atoms with Gasteiger partial charge in [-0.2, -0.15) is 0 Å². The molecule has 2 aromatic rings. The second kappa shape index (κ2) is 8.44. The molecule has 0 saturated carbocycles. The van der Waals surface area contributed by atoms with Crippen molar-refractivity contribution in [1.29, 1.82) is 0 Å². The van der Waals surface area contributed by atoms with Crippen molar-refractivity contribution in [3.05, 3.63) is 59.1 Å². The van der Waals surface area contributed by atoms with Gasteiger partial charge in [-0.3, -0.25) is 9.59 Å². The molecule has 0 radical (unpaired) electrons. The molecule has 0 aromatic heterocycles. The number of amides is 2. The van der Waals surface area contributed by atoms with Crippen molar-refractivity contribution in [1.82, 2.24) is 5.32 Å². The third kappa shape index (κ3) is 5.01. The van der Waals surface area contributed by atoms with Crippen LogP contribution in [-0.2, 0) is 16.1 Å². The molecule has 1 saturated heterocycles. The molecule has 27 heavy (non-hydrogen) atoms. The Kier molecular flexibility index (Phi) is 6.01. The first kappa shape index (κ1) is 19.2. The van der Waals surface area contributed by atoms with Gasteiger partial charge in [-0.1, -0.05) is 23.7 Å².